The third-order valence-corrected chi connectivity index (χ3v) is 5.91. The van der Waals surface area contributed by atoms with Crippen LogP contribution in [0.25, 0.3) is 10.9 Å². The zero-order chi connectivity index (χ0) is 26.5. The van der Waals surface area contributed by atoms with Crippen LogP contribution in [0, 0.1) is 10.1 Å². The number of aryl methyl sites for hydroxylation is 1. The summed E-state index contributed by atoms with van der Waals surface area (Å²) in [6, 6.07) is 15.7. The van der Waals surface area contributed by atoms with E-state index in [1.807, 2.05) is 13.0 Å². The van der Waals surface area contributed by atoms with Gasteiger partial charge in [-0.3, -0.25) is 14.9 Å². The molecule has 0 aliphatic carbocycles. The Morgan fingerprint density at radius 2 is 2.03 bits per heavy atom. The minimum atomic E-state index is -1.08. The van der Waals surface area contributed by atoms with Crippen LogP contribution < -0.4 is 10.3 Å². The van der Waals surface area contributed by atoms with Gasteiger partial charge in [-0.25, -0.2) is 9.78 Å². The summed E-state index contributed by atoms with van der Waals surface area (Å²) in [7, 11) is 0. The zero-order valence-corrected chi connectivity index (χ0v) is 21.2. The average molecular weight is 565 g/mol. The zero-order valence-electron chi connectivity index (χ0n) is 19.6. The van der Waals surface area contributed by atoms with E-state index < -0.39 is 10.9 Å². The number of nitro groups is 1. The summed E-state index contributed by atoms with van der Waals surface area (Å²) >= 11 is 3.37. The molecule has 3 aromatic carbocycles. The van der Waals surface area contributed by atoms with Gasteiger partial charge < -0.3 is 9.84 Å². The number of benzene rings is 3. The highest BCUT2D eigenvalue weighted by atomic mass is 79.9. The van der Waals surface area contributed by atoms with Gasteiger partial charge in [-0.1, -0.05) is 35.0 Å². The number of hydrogen-bond donors (Lipinski definition) is 1. The lowest BCUT2D eigenvalue weighted by Crippen LogP contribution is -2.22. The summed E-state index contributed by atoms with van der Waals surface area (Å²) in [5.74, 6) is -0.576. The number of ether oxygens (including phenoxy) is 1. The molecule has 0 saturated carbocycles. The van der Waals surface area contributed by atoms with Gasteiger partial charge in [0.25, 0.3) is 5.56 Å². The van der Waals surface area contributed by atoms with E-state index in [0.29, 0.717) is 34.3 Å². The first-order valence-corrected chi connectivity index (χ1v) is 12.0. The van der Waals surface area contributed by atoms with Crippen molar-refractivity contribution in [3.63, 3.8) is 0 Å². The SMILES string of the molecule is CCCc1nc2ccc(Br)cc2c(=O)n1N=Cc1ccc(OCc2cccc(C(=O)O)c2)c([N+](=O)[O-])c1. The Balaban J connectivity index is 1.64. The summed E-state index contributed by atoms with van der Waals surface area (Å²) in [5.41, 5.74) is 0.960. The molecule has 188 valence electrons. The van der Waals surface area contributed by atoms with Gasteiger partial charge in [-0.05, 0) is 54.4 Å². The first kappa shape index (κ1) is 25.7. The maximum absolute atomic E-state index is 13.1. The fourth-order valence-electron chi connectivity index (χ4n) is 3.66. The molecule has 0 aliphatic rings. The van der Waals surface area contributed by atoms with Crippen LogP contribution in [0.2, 0.25) is 0 Å². The lowest BCUT2D eigenvalue weighted by Gasteiger charge is -2.09. The molecule has 0 bridgehead atoms. The lowest BCUT2D eigenvalue weighted by atomic mass is 10.1. The highest BCUT2D eigenvalue weighted by Crippen LogP contribution is 2.28. The molecule has 1 N–H and O–H groups in total. The van der Waals surface area contributed by atoms with Crippen LogP contribution in [0.4, 0.5) is 5.69 Å². The summed E-state index contributed by atoms with van der Waals surface area (Å²) < 4.78 is 7.56. The Labute approximate surface area is 219 Å². The van der Waals surface area contributed by atoms with Crippen molar-refractivity contribution >= 4 is 44.7 Å². The highest BCUT2D eigenvalue weighted by Gasteiger charge is 2.17. The van der Waals surface area contributed by atoms with Gasteiger partial charge in [-0.2, -0.15) is 9.78 Å². The Morgan fingerprint density at radius 1 is 1.22 bits per heavy atom. The van der Waals surface area contributed by atoms with Gasteiger partial charge in [0, 0.05) is 22.5 Å². The third kappa shape index (κ3) is 5.89. The number of nitro benzene ring substituents is 1. The van der Waals surface area contributed by atoms with Crippen molar-refractivity contribution in [2.24, 2.45) is 5.10 Å². The van der Waals surface area contributed by atoms with Crippen molar-refractivity contribution in [1.29, 1.82) is 0 Å². The number of nitrogens with zero attached hydrogens (tertiary/aromatic N) is 4. The number of carbonyl (C=O) groups is 1. The standard InChI is InChI=1S/C26H21BrN4O6/c1-2-4-24-29-21-9-8-19(27)13-20(21)25(32)30(24)28-14-16-7-10-23(22(12-16)31(35)36)37-15-17-5-3-6-18(11-17)26(33)34/h3,5-14H,2,4,15H2,1H3,(H,33,34). The van der Waals surface area contributed by atoms with Crippen molar-refractivity contribution in [1.82, 2.24) is 9.66 Å². The van der Waals surface area contributed by atoms with E-state index in [2.05, 4.69) is 26.0 Å². The van der Waals surface area contributed by atoms with E-state index in [1.54, 1.807) is 30.3 Å². The Morgan fingerprint density at radius 3 is 2.76 bits per heavy atom. The van der Waals surface area contributed by atoms with E-state index in [-0.39, 0.29) is 29.2 Å². The van der Waals surface area contributed by atoms with Crippen LogP contribution in [0.15, 0.2) is 75.0 Å². The molecule has 0 unspecified atom stereocenters. The minimum Gasteiger partial charge on any atom is -0.482 e. The number of aromatic carboxylic acids is 1. The average Bonchev–Trinajstić information content (AvgIpc) is 2.88. The molecule has 4 rings (SSSR count). The molecular weight excluding hydrogens is 544 g/mol. The monoisotopic (exact) mass is 564 g/mol. The molecular formula is C26H21BrN4O6. The molecule has 0 radical (unpaired) electrons. The maximum atomic E-state index is 13.1. The van der Waals surface area contributed by atoms with E-state index in [4.69, 9.17) is 9.84 Å². The molecule has 0 aliphatic heterocycles. The molecule has 10 nitrogen and oxygen atoms in total. The molecule has 0 atom stereocenters. The van der Waals surface area contributed by atoms with E-state index >= 15 is 0 Å². The number of hydrogen-bond acceptors (Lipinski definition) is 7. The van der Waals surface area contributed by atoms with Gasteiger partial charge >= 0.3 is 11.7 Å². The minimum absolute atomic E-state index is 0.0175. The van der Waals surface area contributed by atoms with E-state index in [9.17, 15) is 19.7 Å². The highest BCUT2D eigenvalue weighted by molar-refractivity contribution is 9.10. The Kier molecular flexibility index (Phi) is 7.73. The van der Waals surface area contributed by atoms with Crippen molar-refractivity contribution < 1.29 is 19.6 Å². The second-order valence-corrected chi connectivity index (χ2v) is 9.00. The quantitative estimate of drug-likeness (QED) is 0.168. The van der Waals surface area contributed by atoms with Crippen molar-refractivity contribution in [2.45, 2.75) is 26.4 Å². The molecule has 0 amide bonds. The van der Waals surface area contributed by atoms with Crippen molar-refractivity contribution in [3.8, 4) is 5.75 Å². The van der Waals surface area contributed by atoms with Crippen LogP contribution in [0.1, 0.15) is 40.7 Å². The normalized spacial score (nSPS) is 11.2. The molecule has 4 aromatic rings. The van der Waals surface area contributed by atoms with Gasteiger partial charge in [0.2, 0.25) is 0 Å². The van der Waals surface area contributed by atoms with Crippen molar-refractivity contribution in [2.75, 3.05) is 0 Å². The second kappa shape index (κ2) is 11.1. The van der Waals surface area contributed by atoms with Gasteiger partial charge in [0.05, 0.1) is 27.6 Å². The summed E-state index contributed by atoms with van der Waals surface area (Å²) in [5, 5.41) is 25.5. The van der Waals surface area contributed by atoms with Crippen LogP contribution in [0.3, 0.4) is 0 Å². The van der Waals surface area contributed by atoms with Gasteiger partial charge in [0.1, 0.15) is 12.4 Å². The fraction of sp³-hybridized carbons (Fsp3) is 0.154. The molecule has 11 heteroatoms. The van der Waals surface area contributed by atoms with Gasteiger partial charge in [-0.15, -0.1) is 0 Å². The topological polar surface area (TPSA) is 137 Å². The number of fused-ring (bicyclic) bond motifs is 1. The number of carboxylic acid groups (broad SMARTS) is 1. The summed E-state index contributed by atoms with van der Waals surface area (Å²) in [6.07, 6.45) is 2.63. The molecule has 37 heavy (non-hydrogen) atoms. The lowest BCUT2D eigenvalue weighted by molar-refractivity contribution is -0.385. The smallest absolute Gasteiger partial charge is 0.335 e. The molecule has 0 fully saturated rings. The molecule has 1 heterocycles. The molecule has 0 spiro atoms. The summed E-state index contributed by atoms with van der Waals surface area (Å²) in [4.78, 5) is 40.0. The van der Waals surface area contributed by atoms with E-state index in [1.165, 1.54) is 35.2 Å². The number of carboxylic acids is 1. The predicted molar refractivity (Wildman–Crippen MR) is 142 cm³/mol. The number of aromatic nitrogens is 2. The Bertz CT molecular complexity index is 1600. The van der Waals surface area contributed by atoms with Crippen LogP contribution in [-0.4, -0.2) is 31.9 Å². The third-order valence-electron chi connectivity index (χ3n) is 5.42. The molecule has 0 saturated heterocycles. The predicted octanol–water partition coefficient (Wildman–Crippen LogP) is 5.18. The maximum Gasteiger partial charge on any atom is 0.335 e. The Hall–Kier alpha value is -4.38. The van der Waals surface area contributed by atoms with Crippen LogP contribution >= 0.6 is 15.9 Å². The van der Waals surface area contributed by atoms with E-state index in [0.717, 1.165) is 10.9 Å². The van der Waals surface area contributed by atoms with Crippen molar-refractivity contribution in [3.05, 3.63) is 108 Å². The fourth-order valence-corrected chi connectivity index (χ4v) is 4.02. The first-order chi connectivity index (χ1) is 17.8. The second-order valence-electron chi connectivity index (χ2n) is 8.08. The summed E-state index contributed by atoms with van der Waals surface area (Å²) in [6.45, 7) is 1.91. The molecule has 1 aromatic heterocycles. The van der Waals surface area contributed by atoms with Gasteiger partial charge in [0.15, 0.2) is 5.75 Å². The number of rotatable bonds is 9. The number of halogens is 1. The van der Waals surface area contributed by atoms with Crippen LogP contribution in [-0.2, 0) is 13.0 Å². The van der Waals surface area contributed by atoms with Crippen LogP contribution in [0.5, 0.6) is 5.75 Å². The first-order valence-electron chi connectivity index (χ1n) is 11.3. The largest absolute Gasteiger partial charge is 0.482 e.